The maximum Gasteiger partial charge on any atom is 0.121 e. The van der Waals surface area contributed by atoms with Crippen LogP contribution in [0.1, 0.15) is 5.56 Å². The zero-order valence-electron chi connectivity index (χ0n) is 7.51. The van der Waals surface area contributed by atoms with E-state index in [2.05, 4.69) is 0 Å². The van der Waals surface area contributed by atoms with Crippen molar-refractivity contribution in [3.8, 4) is 5.75 Å². The van der Waals surface area contributed by atoms with Crippen molar-refractivity contribution in [3.05, 3.63) is 28.1 Å². The van der Waals surface area contributed by atoms with Crippen molar-refractivity contribution >= 4 is 44.6 Å². The minimum Gasteiger partial charge on any atom is -0.497 e. The first-order valence-corrected chi connectivity index (χ1v) is 5.85. The van der Waals surface area contributed by atoms with E-state index in [-0.39, 0.29) is 0 Å². The lowest BCUT2D eigenvalue weighted by atomic mass is 10.2. The lowest BCUT2D eigenvalue weighted by molar-refractivity contribution is 0.415. The molecular formula is C10H8Cl2OS. The van der Waals surface area contributed by atoms with Crippen LogP contribution >= 0.6 is 34.5 Å². The lowest BCUT2D eigenvalue weighted by Gasteiger charge is -2.02. The molecule has 2 aromatic rings. The highest BCUT2D eigenvalue weighted by Crippen LogP contribution is 2.36. The molecule has 0 fully saturated rings. The summed E-state index contributed by atoms with van der Waals surface area (Å²) in [6.07, 6.45) is 0. The zero-order valence-corrected chi connectivity index (χ0v) is 9.84. The summed E-state index contributed by atoms with van der Waals surface area (Å²) in [4.78, 5) is 0. The van der Waals surface area contributed by atoms with Gasteiger partial charge in [-0.15, -0.1) is 22.9 Å². The Bertz CT molecular complexity index is 464. The molecule has 1 heterocycles. The van der Waals surface area contributed by atoms with E-state index >= 15 is 0 Å². The van der Waals surface area contributed by atoms with Gasteiger partial charge in [0.1, 0.15) is 5.75 Å². The molecule has 0 radical (unpaired) electrons. The van der Waals surface area contributed by atoms with Gasteiger partial charge in [-0.2, -0.15) is 0 Å². The molecule has 2 rings (SSSR count). The average molecular weight is 247 g/mol. The van der Waals surface area contributed by atoms with Gasteiger partial charge in [0.15, 0.2) is 0 Å². The predicted octanol–water partition coefficient (Wildman–Crippen LogP) is 4.30. The second-order valence-corrected chi connectivity index (χ2v) is 4.43. The quantitative estimate of drug-likeness (QED) is 0.719. The molecule has 74 valence electrons. The van der Waals surface area contributed by atoms with E-state index in [0.717, 1.165) is 26.4 Å². The first-order valence-electron chi connectivity index (χ1n) is 4.06. The third kappa shape index (κ3) is 1.58. The molecule has 0 saturated heterocycles. The molecule has 1 nitrogen and oxygen atoms in total. The minimum atomic E-state index is 0.503. The van der Waals surface area contributed by atoms with Crippen LogP contribution < -0.4 is 4.74 Å². The molecule has 1 aromatic carbocycles. The van der Waals surface area contributed by atoms with Crippen LogP contribution in [0.3, 0.4) is 0 Å². The van der Waals surface area contributed by atoms with Crippen LogP contribution in [-0.2, 0) is 5.88 Å². The summed E-state index contributed by atoms with van der Waals surface area (Å²) >= 11 is 13.5. The van der Waals surface area contributed by atoms with Crippen molar-refractivity contribution in [1.29, 1.82) is 0 Å². The van der Waals surface area contributed by atoms with E-state index in [1.165, 1.54) is 0 Å². The molecule has 14 heavy (non-hydrogen) atoms. The molecule has 0 spiro atoms. The Morgan fingerprint density at radius 2 is 2.21 bits per heavy atom. The summed E-state index contributed by atoms with van der Waals surface area (Å²) < 4.78 is 6.22. The highest BCUT2D eigenvalue weighted by molar-refractivity contribution is 7.18. The summed E-state index contributed by atoms with van der Waals surface area (Å²) in [7, 11) is 1.63. The van der Waals surface area contributed by atoms with Crippen LogP contribution in [0.15, 0.2) is 17.5 Å². The standard InChI is InChI=1S/C10H8Cl2OS/c1-13-7-2-8-6(4-11)5-14-10(8)9(12)3-7/h2-3,5H,4H2,1H3. The van der Waals surface area contributed by atoms with E-state index in [9.17, 15) is 0 Å². The van der Waals surface area contributed by atoms with Crippen molar-refractivity contribution < 1.29 is 4.74 Å². The molecule has 4 heteroatoms. The van der Waals surface area contributed by atoms with Gasteiger partial charge in [-0.1, -0.05) is 11.6 Å². The number of rotatable bonds is 2. The van der Waals surface area contributed by atoms with Crippen molar-refractivity contribution in [2.45, 2.75) is 5.88 Å². The highest BCUT2D eigenvalue weighted by atomic mass is 35.5. The number of halogens is 2. The Kier molecular flexibility index (Phi) is 2.86. The van der Waals surface area contributed by atoms with Gasteiger partial charge in [-0.3, -0.25) is 0 Å². The predicted molar refractivity (Wildman–Crippen MR) is 62.9 cm³/mol. The average Bonchev–Trinajstić information content (AvgIpc) is 2.61. The summed E-state index contributed by atoms with van der Waals surface area (Å²) in [5.41, 5.74) is 1.10. The number of hydrogen-bond acceptors (Lipinski definition) is 2. The topological polar surface area (TPSA) is 9.23 Å². The van der Waals surface area contributed by atoms with E-state index in [1.54, 1.807) is 18.4 Å². The van der Waals surface area contributed by atoms with Crippen LogP contribution in [0, 0.1) is 0 Å². The minimum absolute atomic E-state index is 0.503. The normalized spacial score (nSPS) is 10.8. The Labute approximate surface area is 96.2 Å². The second kappa shape index (κ2) is 3.97. The molecule has 0 atom stereocenters. The highest BCUT2D eigenvalue weighted by Gasteiger charge is 2.08. The Morgan fingerprint density at radius 1 is 1.43 bits per heavy atom. The van der Waals surface area contributed by atoms with Crippen LogP contribution in [-0.4, -0.2) is 7.11 Å². The largest absolute Gasteiger partial charge is 0.497 e. The first-order chi connectivity index (χ1) is 6.76. The van der Waals surface area contributed by atoms with Crippen molar-refractivity contribution in [2.75, 3.05) is 7.11 Å². The number of fused-ring (bicyclic) bond motifs is 1. The summed E-state index contributed by atoms with van der Waals surface area (Å²) in [6.45, 7) is 0. The number of hydrogen-bond donors (Lipinski definition) is 0. The van der Waals surface area contributed by atoms with Gasteiger partial charge in [0.05, 0.1) is 16.8 Å². The Morgan fingerprint density at radius 3 is 2.86 bits per heavy atom. The van der Waals surface area contributed by atoms with Crippen LogP contribution in [0.25, 0.3) is 10.1 Å². The van der Waals surface area contributed by atoms with Crippen molar-refractivity contribution in [3.63, 3.8) is 0 Å². The van der Waals surface area contributed by atoms with Gasteiger partial charge in [0.25, 0.3) is 0 Å². The van der Waals surface area contributed by atoms with Gasteiger partial charge in [-0.05, 0) is 17.0 Å². The van der Waals surface area contributed by atoms with Gasteiger partial charge in [0, 0.05) is 17.3 Å². The number of benzene rings is 1. The Balaban J connectivity index is 2.73. The first kappa shape index (κ1) is 10.1. The van der Waals surface area contributed by atoms with E-state index in [0.29, 0.717) is 5.88 Å². The number of ether oxygens (including phenoxy) is 1. The molecule has 0 aliphatic rings. The Hall–Kier alpha value is -0.440. The fourth-order valence-corrected chi connectivity index (χ4v) is 2.96. The molecule has 0 bridgehead atoms. The number of methoxy groups -OCH3 is 1. The smallest absolute Gasteiger partial charge is 0.121 e. The molecule has 1 aromatic heterocycles. The maximum atomic E-state index is 6.10. The van der Waals surface area contributed by atoms with Crippen molar-refractivity contribution in [2.24, 2.45) is 0 Å². The SMILES string of the molecule is COc1cc(Cl)c2scc(CCl)c2c1. The number of alkyl halides is 1. The summed E-state index contributed by atoms with van der Waals surface area (Å²) in [6, 6.07) is 3.79. The third-order valence-corrected chi connectivity index (χ3v) is 3.84. The molecule has 0 saturated carbocycles. The fourth-order valence-electron chi connectivity index (χ4n) is 1.34. The van der Waals surface area contributed by atoms with Gasteiger partial charge >= 0.3 is 0 Å². The second-order valence-electron chi connectivity index (χ2n) is 2.88. The molecule has 0 aliphatic heterocycles. The zero-order chi connectivity index (χ0) is 10.1. The van der Waals surface area contributed by atoms with Crippen LogP contribution in [0.2, 0.25) is 5.02 Å². The lowest BCUT2D eigenvalue weighted by Crippen LogP contribution is -1.83. The van der Waals surface area contributed by atoms with Crippen molar-refractivity contribution in [1.82, 2.24) is 0 Å². The summed E-state index contributed by atoms with van der Waals surface area (Å²) in [5, 5.41) is 3.85. The molecule has 0 aliphatic carbocycles. The molecule has 0 unspecified atom stereocenters. The maximum absolute atomic E-state index is 6.10. The van der Waals surface area contributed by atoms with Gasteiger partial charge < -0.3 is 4.74 Å². The fraction of sp³-hybridized carbons (Fsp3) is 0.200. The summed E-state index contributed by atoms with van der Waals surface area (Å²) in [5.74, 6) is 1.27. The van der Waals surface area contributed by atoms with E-state index in [4.69, 9.17) is 27.9 Å². The monoisotopic (exact) mass is 246 g/mol. The molecule has 0 N–H and O–H groups in total. The van der Waals surface area contributed by atoms with Gasteiger partial charge in [0.2, 0.25) is 0 Å². The molecule has 0 amide bonds. The van der Waals surface area contributed by atoms with E-state index in [1.807, 2.05) is 17.5 Å². The third-order valence-electron chi connectivity index (χ3n) is 2.06. The van der Waals surface area contributed by atoms with Gasteiger partial charge in [-0.25, -0.2) is 0 Å². The van der Waals surface area contributed by atoms with E-state index < -0.39 is 0 Å². The van der Waals surface area contributed by atoms with Crippen LogP contribution in [0.5, 0.6) is 5.75 Å². The number of thiophene rings is 1. The van der Waals surface area contributed by atoms with Crippen LogP contribution in [0.4, 0.5) is 0 Å². The molecular weight excluding hydrogens is 239 g/mol.